The number of carbonyl (C=O) groups is 2. The molecule has 0 saturated heterocycles. The first-order valence-corrected chi connectivity index (χ1v) is 7.68. The smallest absolute Gasteiger partial charge is 0.251 e. The van der Waals surface area contributed by atoms with Crippen molar-refractivity contribution < 1.29 is 9.59 Å². The standard InChI is InChI=1S/C15H21NO2S/c1-3-5-6-14(17)19-11-12-7-9-13(10-8-12)15(18)16-4-2/h7-10H,3-6,11H2,1-2H3,(H,16,18). The van der Waals surface area contributed by atoms with Gasteiger partial charge in [0.15, 0.2) is 5.12 Å². The maximum atomic E-state index is 11.6. The van der Waals surface area contributed by atoms with Crippen molar-refractivity contribution in [2.75, 3.05) is 6.54 Å². The van der Waals surface area contributed by atoms with Crippen LogP contribution in [0.1, 0.15) is 49.0 Å². The highest BCUT2D eigenvalue weighted by molar-refractivity contribution is 8.12. The quantitative estimate of drug-likeness (QED) is 0.832. The van der Waals surface area contributed by atoms with Crippen molar-refractivity contribution in [3.05, 3.63) is 35.4 Å². The van der Waals surface area contributed by atoms with E-state index in [-0.39, 0.29) is 11.0 Å². The molecule has 0 spiro atoms. The topological polar surface area (TPSA) is 46.2 Å². The van der Waals surface area contributed by atoms with Crippen LogP contribution in [-0.4, -0.2) is 17.6 Å². The zero-order chi connectivity index (χ0) is 14.1. The molecule has 1 rings (SSSR count). The fourth-order valence-corrected chi connectivity index (χ4v) is 2.38. The lowest BCUT2D eigenvalue weighted by molar-refractivity contribution is -0.111. The summed E-state index contributed by atoms with van der Waals surface area (Å²) in [5.74, 6) is 0.624. The maximum Gasteiger partial charge on any atom is 0.251 e. The van der Waals surface area contributed by atoms with E-state index in [0.29, 0.717) is 24.3 Å². The van der Waals surface area contributed by atoms with Gasteiger partial charge in [0.25, 0.3) is 5.91 Å². The van der Waals surface area contributed by atoms with E-state index in [4.69, 9.17) is 0 Å². The Morgan fingerprint density at radius 1 is 1.16 bits per heavy atom. The summed E-state index contributed by atoms with van der Waals surface area (Å²) >= 11 is 1.35. The average Bonchev–Trinajstić information content (AvgIpc) is 2.43. The molecule has 0 bridgehead atoms. The largest absolute Gasteiger partial charge is 0.352 e. The minimum absolute atomic E-state index is 0.0549. The normalized spacial score (nSPS) is 10.2. The summed E-state index contributed by atoms with van der Waals surface area (Å²) in [5.41, 5.74) is 1.73. The van der Waals surface area contributed by atoms with E-state index in [9.17, 15) is 9.59 Å². The zero-order valence-electron chi connectivity index (χ0n) is 11.6. The second-order valence-electron chi connectivity index (χ2n) is 4.32. The van der Waals surface area contributed by atoms with Crippen LogP contribution in [0.15, 0.2) is 24.3 Å². The summed E-state index contributed by atoms with van der Waals surface area (Å²) in [7, 11) is 0. The van der Waals surface area contributed by atoms with Crippen LogP contribution >= 0.6 is 11.8 Å². The van der Waals surface area contributed by atoms with Crippen molar-refractivity contribution in [3.63, 3.8) is 0 Å². The molecule has 1 aromatic carbocycles. The molecule has 1 N–H and O–H groups in total. The van der Waals surface area contributed by atoms with Crippen molar-refractivity contribution in [2.24, 2.45) is 0 Å². The third-order valence-electron chi connectivity index (χ3n) is 2.69. The SMILES string of the molecule is CCCCC(=O)SCc1ccc(C(=O)NCC)cc1. The van der Waals surface area contributed by atoms with Gasteiger partial charge in [-0.05, 0) is 31.0 Å². The molecule has 0 atom stereocenters. The molecule has 0 saturated carbocycles. The van der Waals surface area contributed by atoms with Gasteiger partial charge in [-0.15, -0.1) is 0 Å². The highest BCUT2D eigenvalue weighted by Crippen LogP contribution is 2.16. The van der Waals surface area contributed by atoms with E-state index < -0.39 is 0 Å². The Labute approximate surface area is 119 Å². The van der Waals surface area contributed by atoms with Crippen molar-refractivity contribution in [1.82, 2.24) is 5.32 Å². The Kier molecular flexibility index (Phi) is 7.26. The summed E-state index contributed by atoms with van der Waals surface area (Å²) in [5, 5.41) is 3.00. The minimum Gasteiger partial charge on any atom is -0.352 e. The third-order valence-corrected chi connectivity index (χ3v) is 3.69. The molecule has 0 aliphatic carbocycles. The molecule has 0 heterocycles. The lowest BCUT2D eigenvalue weighted by Gasteiger charge is -2.04. The van der Waals surface area contributed by atoms with Crippen LogP contribution in [0.5, 0.6) is 0 Å². The van der Waals surface area contributed by atoms with Crippen LogP contribution in [-0.2, 0) is 10.5 Å². The molecule has 0 aromatic heterocycles. The predicted octanol–water partition coefficient (Wildman–Crippen LogP) is 3.39. The van der Waals surface area contributed by atoms with Crippen molar-refractivity contribution in [2.45, 2.75) is 38.9 Å². The fraction of sp³-hybridized carbons (Fsp3) is 0.467. The van der Waals surface area contributed by atoms with Gasteiger partial charge in [-0.25, -0.2) is 0 Å². The maximum absolute atomic E-state index is 11.6. The fourth-order valence-electron chi connectivity index (χ4n) is 1.57. The molecular formula is C15H21NO2S. The van der Waals surface area contributed by atoms with Crippen LogP contribution in [0, 0.1) is 0 Å². The van der Waals surface area contributed by atoms with Gasteiger partial charge < -0.3 is 5.32 Å². The molecule has 1 amide bonds. The molecule has 19 heavy (non-hydrogen) atoms. The second-order valence-corrected chi connectivity index (χ2v) is 5.35. The van der Waals surface area contributed by atoms with Crippen LogP contribution in [0.2, 0.25) is 0 Å². The number of hydrogen-bond donors (Lipinski definition) is 1. The Bertz CT molecular complexity index is 415. The Morgan fingerprint density at radius 3 is 2.42 bits per heavy atom. The Hall–Kier alpha value is -1.29. The lowest BCUT2D eigenvalue weighted by Crippen LogP contribution is -2.22. The Morgan fingerprint density at radius 2 is 1.84 bits per heavy atom. The van der Waals surface area contributed by atoms with Crippen LogP contribution in [0.3, 0.4) is 0 Å². The molecule has 1 aromatic rings. The van der Waals surface area contributed by atoms with Gasteiger partial charge in [0.1, 0.15) is 0 Å². The number of nitrogens with one attached hydrogen (secondary N) is 1. The molecule has 0 radical (unpaired) electrons. The molecule has 0 fully saturated rings. The van der Waals surface area contributed by atoms with Crippen LogP contribution in [0.4, 0.5) is 0 Å². The summed E-state index contributed by atoms with van der Waals surface area (Å²) in [6.45, 7) is 4.60. The van der Waals surface area contributed by atoms with Gasteiger partial charge in [-0.2, -0.15) is 0 Å². The summed E-state index contributed by atoms with van der Waals surface area (Å²) in [6.07, 6.45) is 2.66. The van der Waals surface area contributed by atoms with E-state index >= 15 is 0 Å². The summed E-state index contributed by atoms with van der Waals surface area (Å²) in [4.78, 5) is 23.1. The second kappa shape index (κ2) is 8.75. The van der Waals surface area contributed by atoms with E-state index in [1.54, 1.807) is 12.1 Å². The van der Waals surface area contributed by atoms with Crippen molar-refractivity contribution in [1.29, 1.82) is 0 Å². The average molecular weight is 279 g/mol. The summed E-state index contributed by atoms with van der Waals surface area (Å²) in [6, 6.07) is 7.42. The lowest BCUT2D eigenvalue weighted by atomic mass is 10.1. The molecule has 0 aliphatic heterocycles. The number of rotatable bonds is 7. The summed E-state index contributed by atoms with van der Waals surface area (Å²) < 4.78 is 0. The predicted molar refractivity (Wildman–Crippen MR) is 80.3 cm³/mol. The molecule has 3 nitrogen and oxygen atoms in total. The zero-order valence-corrected chi connectivity index (χ0v) is 12.4. The number of unbranched alkanes of at least 4 members (excludes halogenated alkanes) is 1. The van der Waals surface area contributed by atoms with Gasteiger partial charge in [0.2, 0.25) is 0 Å². The van der Waals surface area contributed by atoms with E-state index in [2.05, 4.69) is 12.2 Å². The molecule has 0 unspecified atom stereocenters. The van der Waals surface area contributed by atoms with Gasteiger partial charge in [-0.1, -0.05) is 37.2 Å². The number of hydrogen-bond acceptors (Lipinski definition) is 3. The Balaban J connectivity index is 2.44. The van der Waals surface area contributed by atoms with Crippen LogP contribution < -0.4 is 5.32 Å². The van der Waals surface area contributed by atoms with E-state index in [1.807, 2.05) is 19.1 Å². The number of carbonyl (C=O) groups excluding carboxylic acids is 2. The van der Waals surface area contributed by atoms with E-state index in [1.165, 1.54) is 11.8 Å². The highest BCUT2D eigenvalue weighted by atomic mass is 32.2. The first-order valence-electron chi connectivity index (χ1n) is 6.70. The van der Waals surface area contributed by atoms with Gasteiger partial charge in [0, 0.05) is 24.3 Å². The van der Waals surface area contributed by atoms with E-state index in [0.717, 1.165) is 18.4 Å². The number of amides is 1. The number of benzene rings is 1. The van der Waals surface area contributed by atoms with Crippen LogP contribution in [0.25, 0.3) is 0 Å². The monoisotopic (exact) mass is 279 g/mol. The van der Waals surface area contributed by atoms with Gasteiger partial charge in [-0.3, -0.25) is 9.59 Å². The van der Waals surface area contributed by atoms with Gasteiger partial charge in [0.05, 0.1) is 0 Å². The first-order chi connectivity index (χ1) is 9.17. The van der Waals surface area contributed by atoms with Gasteiger partial charge >= 0.3 is 0 Å². The minimum atomic E-state index is -0.0549. The molecule has 104 valence electrons. The first kappa shape index (κ1) is 15.8. The number of thioether (sulfide) groups is 1. The van der Waals surface area contributed by atoms with Crippen molar-refractivity contribution >= 4 is 22.8 Å². The molecule has 0 aliphatic rings. The highest BCUT2D eigenvalue weighted by Gasteiger charge is 2.05. The third kappa shape index (κ3) is 5.92. The molecule has 4 heteroatoms. The molecular weight excluding hydrogens is 258 g/mol. The van der Waals surface area contributed by atoms with Crippen molar-refractivity contribution in [3.8, 4) is 0 Å².